The first-order chi connectivity index (χ1) is 4.09. The molecule has 4 nitrogen and oxygen atoms in total. The van der Waals surface area contributed by atoms with Crippen molar-refractivity contribution in [1.29, 1.82) is 0 Å². The Balaban J connectivity index is 3.72. The number of carbonyl (C=O) groups is 1. The number of rotatable bonds is 2. The average molecular weight is 132 g/mol. The fraction of sp³-hybridized carbons (Fsp3) is 0.800. The highest BCUT2D eigenvalue weighted by atomic mass is 16.3. The summed E-state index contributed by atoms with van der Waals surface area (Å²) < 4.78 is 0. The van der Waals surface area contributed by atoms with Crippen molar-refractivity contribution in [2.24, 2.45) is 11.7 Å². The van der Waals surface area contributed by atoms with Crippen LogP contribution in [0, 0.1) is 5.92 Å². The van der Waals surface area contributed by atoms with Crippen LogP contribution in [-0.4, -0.2) is 24.3 Å². The SMILES string of the molecule is CNC(=O)C(C)C(N)O. The number of nitrogens with two attached hydrogens (primary N) is 1. The Kier molecular flexibility index (Phi) is 3.19. The first-order valence-corrected chi connectivity index (χ1v) is 2.75. The van der Waals surface area contributed by atoms with Crippen molar-refractivity contribution in [1.82, 2.24) is 5.32 Å². The van der Waals surface area contributed by atoms with Crippen molar-refractivity contribution in [2.75, 3.05) is 7.05 Å². The molecule has 9 heavy (non-hydrogen) atoms. The second-order valence-corrected chi connectivity index (χ2v) is 1.89. The highest BCUT2D eigenvalue weighted by molar-refractivity contribution is 5.78. The van der Waals surface area contributed by atoms with Gasteiger partial charge in [-0.05, 0) is 6.92 Å². The number of carbonyl (C=O) groups excluding carboxylic acids is 1. The number of amides is 1. The summed E-state index contributed by atoms with van der Waals surface area (Å²) in [5, 5.41) is 11.0. The molecule has 4 N–H and O–H groups in total. The predicted octanol–water partition coefficient (Wildman–Crippen LogP) is -1.35. The maximum absolute atomic E-state index is 10.6. The number of aliphatic hydroxyl groups is 1. The molecule has 0 saturated carbocycles. The van der Waals surface area contributed by atoms with Crippen molar-refractivity contribution in [3.05, 3.63) is 0 Å². The summed E-state index contributed by atoms with van der Waals surface area (Å²) in [6, 6.07) is 0. The van der Waals surface area contributed by atoms with Crippen LogP contribution in [0.4, 0.5) is 0 Å². The molecule has 0 fully saturated rings. The number of hydrogen-bond acceptors (Lipinski definition) is 3. The third kappa shape index (κ3) is 2.43. The summed E-state index contributed by atoms with van der Waals surface area (Å²) in [4.78, 5) is 10.6. The van der Waals surface area contributed by atoms with E-state index in [-0.39, 0.29) is 5.91 Å². The molecule has 0 radical (unpaired) electrons. The van der Waals surface area contributed by atoms with Gasteiger partial charge in [0.05, 0.1) is 5.92 Å². The monoisotopic (exact) mass is 132 g/mol. The normalized spacial score (nSPS) is 16.4. The summed E-state index contributed by atoms with van der Waals surface area (Å²) in [5.74, 6) is -0.778. The molecule has 2 atom stereocenters. The fourth-order valence-corrected chi connectivity index (χ4v) is 0.383. The molecule has 2 unspecified atom stereocenters. The number of aliphatic hydroxyl groups excluding tert-OH is 1. The summed E-state index contributed by atoms with van der Waals surface area (Å²) in [7, 11) is 1.50. The Bertz CT molecular complexity index is 103. The second kappa shape index (κ2) is 3.42. The molecule has 0 saturated heterocycles. The third-order valence-corrected chi connectivity index (χ3v) is 1.17. The van der Waals surface area contributed by atoms with E-state index in [2.05, 4.69) is 5.32 Å². The van der Waals surface area contributed by atoms with Crippen LogP contribution in [0.1, 0.15) is 6.92 Å². The van der Waals surface area contributed by atoms with Crippen molar-refractivity contribution < 1.29 is 9.90 Å². The lowest BCUT2D eigenvalue weighted by Crippen LogP contribution is -2.38. The van der Waals surface area contributed by atoms with Crippen molar-refractivity contribution >= 4 is 5.91 Å². The summed E-state index contributed by atoms with van der Waals surface area (Å²) in [5.41, 5.74) is 5.01. The quantitative estimate of drug-likeness (QED) is 0.406. The van der Waals surface area contributed by atoms with E-state index < -0.39 is 12.1 Å². The van der Waals surface area contributed by atoms with E-state index >= 15 is 0 Å². The van der Waals surface area contributed by atoms with Crippen molar-refractivity contribution in [2.45, 2.75) is 13.2 Å². The molecule has 0 aliphatic rings. The third-order valence-electron chi connectivity index (χ3n) is 1.17. The smallest absolute Gasteiger partial charge is 0.226 e. The van der Waals surface area contributed by atoms with E-state index in [1.165, 1.54) is 7.05 Å². The van der Waals surface area contributed by atoms with Gasteiger partial charge in [-0.3, -0.25) is 4.79 Å². The van der Waals surface area contributed by atoms with Gasteiger partial charge in [-0.25, -0.2) is 0 Å². The topological polar surface area (TPSA) is 75.4 Å². The minimum absolute atomic E-state index is 0.245. The maximum Gasteiger partial charge on any atom is 0.226 e. The highest BCUT2D eigenvalue weighted by Crippen LogP contribution is 1.95. The number of hydrogen-bond donors (Lipinski definition) is 3. The molecule has 0 heterocycles. The van der Waals surface area contributed by atoms with E-state index in [0.717, 1.165) is 0 Å². The summed E-state index contributed by atoms with van der Waals surface area (Å²) in [6.07, 6.45) is -1.06. The van der Waals surface area contributed by atoms with Gasteiger partial charge in [-0.15, -0.1) is 0 Å². The Morgan fingerprint density at radius 1 is 1.78 bits per heavy atom. The Labute approximate surface area is 54.0 Å². The van der Waals surface area contributed by atoms with Crippen molar-refractivity contribution in [3.63, 3.8) is 0 Å². The minimum Gasteiger partial charge on any atom is -0.378 e. The molecule has 0 aromatic rings. The van der Waals surface area contributed by atoms with E-state index in [9.17, 15) is 4.79 Å². The zero-order valence-corrected chi connectivity index (χ0v) is 5.59. The van der Waals surface area contributed by atoms with Crippen LogP contribution in [0.15, 0.2) is 0 Å². The number of nitrogens with one attached hydrogen (secondary N) is 1. The van der Waals surface area contributed by atoms with Crippen LogP contribution in [0.2, 0.25) is 0 Å². The molecule has 0 spiro atoms. The van der Waals surface area contributed by atoms with Crippen LogP contribution < -0.4 is 11.1 Å². The summed E-state index contributed by atoms with van der Waals surface area (Å²) in [6.45, 7) is 1.56. The van der Waals surface area contributed by atoms with Gasteiger partial charge >= 0.3 is 0 Å². The van der Waals surface area contributed by atoms with E-state index in [0.29, 0.717) is 0 Å². The van der Waals surface area contributed by atoms with Gasteiger partial charge in [0.2, 0.25) is 5.91 Å². The van der Waals surface area contributed by atoms with Gasteiger partial charge in [0.15, 0.2) is 0 Å². The molecule has 1 amide bonds. The van der Waals surface area contributed by atoms with Crippen LogP contribution in [0.5, 0.6) is 0 Å². The highest BCUT2D eigenvalue weighted by Gasteiger charge is 2.15. The van der Waals surface area contributed by atoms with Crippen molar-refractivity contribution in [3.8, 4) is 0 Å². The maximum atomic E-state index is 10.6. The molecule has 0 aromatic heterocycles. The predicted molar refractivity (Wildman–Crippen MR) is 33.4 cm³/mol. The van der Waals surface area contributed by atoms with Gasteiger partial charge < -0.3 is 16.2 Å². The zero-order valence-electron chi connectivity index (χ0n) is 5.59. The molecule has 0 bridgehead atoms. The lowest BCUT2D eigenvalue weighted by molar-refractivity contribution is -0.127. The van der Waals surface area contributed by atoms with Gasteiger partial charge in [0, 0.05) is 7.05 Å². The average Bonchev–Trinajstić information content (AvgIpc) is 1.84. The first kappa shape index (κ1) is 8.39. The van der Waals surface area contributed by atoms with Gasteiger partial charge in [0.25, 0.3) is 0 Å². The molecule has 0 aromatic carbocycles. The largest absolute Gasteiger partial charge is 0.378 e. The lowest BCUT2D eigenvalue weighted by Gasteiger charge is -2.11. The van der Waals surface area contributed by atoms with Gasteiger partial charge in [-0.1, -0.05) is 0 Å². The standard InChI is InChI=1S/C5H12N2O2/c1-3(4(6)8)5(9)7-2/h3-4,8H,6H2,1-2H3,(H,7,9). The Morgan fingerprint density at radius 3 is 2.33 bits per heavy atom. The molecule has 4 heteroatoms. The zero-order chi connectivity index (χ0) is 7.44. The fourth-order valence-electron chi connectivity index (χ4n) is 0.383. The van der Waals surface area contributed by atoms with E-state index in [1.807, 2.05) is 0 Å². The second-order valence-electron chi connectivity index (χ2n) is 1.89. The van der Waals surface area contributed by atoms with Crippen LogP contribution >= 0.6 is 0 Å². The molecule has 0 aliphatic carbocycles. The molecule has 54 valence electrons. The molecular formula is C5H12N2O2. The van der Waals surface area contributed by atoms with Crippen LogP contribution in [0.25, 0.3) is 0 Å². The molecule has 0 aliphatic heterocycles. The van der Waals surface area contributed by atoms with E-state index in [4.69, 9.17) is 10.8 Å². The molecular weight excluding hydrogens is 120 g/mol. The van der Waals surface area contributed by atoms with Gasteiger partial charge in [-0.2, -0.15) is 0 Å². The van der Waals surface area contributed by atoms with E-state index in [1.54, 1.807) is 6.92 Å². The lowest BCUT2D eigenvalue weighted by atomic mass is 10.1. The Hall–Kier alpha value is -0.610. The summed E-state index contributed by atoms with van der Waals surface area (Å²) >= 11 is 0. The first-order valence-electron chi connectivity index (χ1n) is 2.75. The van der Waals surface area contributed by atoms with Crippen LogP contribution in [-0.2, 0) is 4.79 Å². The minimum atomic E-state index is -1.06. The Morgan fingerprint density at radius 2 is 2.22 bits per heavy atom. The molecule has 0 rings (SSSR count). The van der Waals surface area contributed by atoms with Crippen LogP contribution in [0.3, 0.4) is 0 Å². The van der Waals surface area contributed by atoms with Gasteiger partial charge in [0.1, 0.15) is 6.23 Å².